The van der Waals surface area contributed by atoms with Gasteiger partial charge in [-0.3, -0.25) is 4.79 Å². The molecule has 11 heteroatoms. The van der Waals surface area contributed by atoms with Crippen molar-refractivity contribution in [3.05, 3.63) is 66.5 Å². The number of pyridine rings is 1. The van der Waals surface area contributed by atoms with E-state index in [1.807, 2.05) is 17.0 Å². The van der Waals surface area contributed by atoms with Crippen molar-refractivity contribution in [1.29, 1.82) is 0 Å². The highest BCUT2D eigenvalue weighted by atomic mass is 79.9. The lowest BCUT2D eigenvalue weighted by Crippen LogP contribution is -2.46. The van der Waals surface area contributed by atoms with Crippen LogP contribution in [0.25, 0.3) is 0 Å². The molecule has 184 valence electrons. The summed E-state index contributed by atoms with van der Waals surface area (Å²) >= 11 is 3.26. The van der Waals surface area contributed by atoms with Crippen LogP contribution in [0, 0.1) is 0 Å². The summed E-state index contributed by atoms with van der Waals surface area (Å²) in [5.41, 5.74) is 2.70. The number of benzene rings is 1. The van der Waals surface area contributed by atoms with Crippen LogP contribution in [0.2, 0.25) is 0 Å². The Balaban J connectivity index is 1.48. The number of carbonyl (C=O) groups excluding carboxylic acids is 2. The van der Waals surface area contributed by atoms with Crippen LogP contribution >= 0.6 is 15.9 Å². The number of anilines is 5. The number of fused-ring (bicyclic) bond motifs is 1. The van der Waals surface area contributed by atoms with Crippen molar-refractivity contribution >= 4 is 56.7 Å². The predicted octanol–water partition coefficient (Wildman–Crippen LogP) is 4.75. The van der Waals surface area contributed by atoms with Gasteiger partial charge in [-0.2, -0.15) is 4.98 Å². The van der Waals surface area contributed by atoms with Gasteiger partial charge in [0, 0.05) is 41.0 Å². The fraction of sp³-hybridized carbons (Fsp3) is 0.240. The maximum Gasteiger partial charge on any atom is 0.330 e. The van der Waals surface area contributed by atoms with Gasteiger partial charge >= 0.3 is 6.03 Å². The first-order chi connectivity index (χ1) is 17.6. The number of carbonyl (C=O) groups is 2. The number of allylic oxidation sites excluding steroid dienone is 1. The molecule has 5 rings (SSSR count). The molecule has 0 saturated heterocycles. The molecule has 3 amide bonds. The van der Waals surface area contributed by atoms with E-state index < -0.39 is 0 Å². The molecule has 10 nitrogen and oxygen atoms in total. The maximum absolute atomic E-state index is 13.6. The van der Waals surface area contributed by atoms with Crippen LogP contribution in [0.15, 0.2) is 60.9 Å². The molecule has 1 aliphatic heterocycles. The average molecular weight is 550 g/mol. The number of rotatable bonds is 8. The summed E-state index contributed by atoms with van der Waals surface area (Å²) in [6, 6.07) is 10.8. The molecule has 1 saturated carbocycles. The van der Waals surface area contributed by atoms with Crippen LogP contribution in [-0.2, 0) is 11.3 Å². The third kappa shape index (κ3) is 5.15. The Bertz CT molecular complexity index is 1310. The fourth-order valence-corrected chi connectivity index (χ4v) is 4.09. The first kappa shape index (κ1) is 23.7. The third-order valence-corrected chi connectivity index (χ3v) is 6.12. The molecule has 3 aromatic rings. The van der Waals surface area contributed by atoms with E-state index in [0.717, 1.165) is 18.4 Å². The van der Waals surface area contributed by atoms with Crippen molar-refractivity contribution in [3.63, 3.8) is 0 Å². The number of hydrogen-bond acceptors (Lipinski definition) is 7. The summed E-state index contributed by atoms with van der Waals surface area (Å²) in [5, 5.41) is 6.55. The normalized spacial score (nSPS) is 15.1. The number of urea groups is 1. The van der Waals surface area contributed by atoms with Crippen LogP contribution in [-0.4, -0.2) is 50.3 Å². The number of amides is 3. The van der Waals surface area contributed by atoms with Crippen molar-refractivity contribution < 1.29 is 14.3 Å². The zero-order valence-corrected chi connectivity index (χ0v) is 21.1. The number of ether oxygens (including phenoxy) is 1. The topological polar surface area (TPSA) is 113 Å². The van der Waals surface area contributed by atoms with Gasteiger partial charge in [0.1, 0.15) is 0 Å². The number of halogens is 1. The molecular weight excluding hydrogens is 526 g/mol. The zero-order chi connectivity index (χ0) is 25.1. The molecule has 3 heterocycles. The van der Waals surface area contributed by atoms with Crippen molar-refractivity contribution in [2.45, 2.75) is 25.4 Å². The van der Waals surface area contributed by atoms with E-state index in [1.165, 1.54) is 6.08 Å². The highest BCUT2D eigenvalue weighted by Gasteiger charge is 2.41. The van der Waals surface area contributed by atoms with Crippen LogP contribution in [0.5, 0.6) is 5.88 Å². The lowest BCUT2D eigenvalue weighted by atomic mass is 10.1. The number of methoxy groups -OCH3 is 1. The Morgan fingerprint density at radius 1 is 1.19 bits per heavy atom. The Kier molecular flexibility index (Phi) is 6.81. The van der Waals surface area contributed by atoms with E-state index in [0.29, 0.717) is 46.6 Å². The molecule has 1 fully saturated rings. The molecule has 0 spiro atoms. The second-order valence-electron chi connectivity index (χ2n) is 8.33. The molecule has 2 aliphatic rings. The predicted molar refractivity (Wildman–Crippen MR) is 140 cm³/mol. The Morgan fingerprint density at radius 2 is 2.06 bits per heavy atom. The van der Waals surface area contributed by atoms with Gasteiger partial charge in [-0.1, -0.05) is 28.1 Å². The summed E-state index contributed by atoms with van der Waals surface area (Å²) in [6.07, 6.45) is 8.49. The summed E-state index contributed by atoms with van der Waals surface area (Å²) in [7, 11) is 1.55. The van der Waals surface area contributed by atoms with Gasteiger partial charge in [-0.15, -0.1) is 0 Å². The van der Waals surface area contributed by atoms with Crippen LogP contribution in [0.1, 0.15) is 18.4 Å². The van der Waals surface area contributed by atoms with Gasteiger partial charge in [0.25, 0.3) is 0 Å². The van der Waals surface area contributed by atoms with Gasteiger partial charge in [0.05, 0.1) is 31.2 Å². The van der Waals surface area contributed by atoms with Crippen LogP contribution in [0.4, 0.5) is 33.6 Å². The molecular formula is C25H24BrN7O3. The molecule has 0 atom stereocenters. The minimum Gasteiger partial charge on any atom is -0.481 e. The number of aromatic nitrogens is 3. The smallest absolute Gasteiger partial charge is 0.330 e. The maximum atomic E-state index is 13.6. The first-order valence-electron chi connectivity index (χ1n) is 11.4. The van der Waals surface area contributed by atoms with Gasteiger partial charge in [-0.25, -0.2) is 19.7 Å². The quantitative estimate of drug-likeness (QED) is 0.308. The monoisotopic (exact) mass is 549 g/mol. The van der Waals surface area contributed by atoms with Crippen molar-refractivity contribution in [1.82, 2.24) is 19.9 Å². The van der Waals surface area contributed by atoms with Gasteiger partial charge < -0.3 is 20.3 Å². The standard InChI is InChI=1S/C25H24BrN7O3/c1-36-22-10-7-18(14-27-22)30-24-28-13-16-15-32(19-8-9-19)25(35)33(23(16)31-24)20-5-2-4-17(12-20)29-21(34)6-3-11-26/h2-7,10,12-14,19H,8-9,11,15H2,1H3,(H,29,34)(H,28,30,31)/b6-3+. The largest absolute Gasteiger partial charge is 0.481 e. The third-order valence-electron chi connectivity index (χ3n) is 5.75. The minimum atomic E-state index is -0.251. The Labute approximate surface area is 216 Å². The molecule has 36 heavy (non-hydrogen) atoms. The summed E-state index contributed by atoms with van der Waals surface area (Å²) in [6.45, 7) is 0.452. The SMILES string of the molecule is COc1ccc(Nc2ncc3c(n2)N(c2cccc(NC(=O)/C=C/CBr)c2)C(=O)N(C2CC2)C3)cn1. The number of nitrogens with zero attached hydrogens (tertiary/aromatic N) is 5. The van der Waals surface area contributed by atoms with E-state index in [4.69, 9.17) is 9.72 Å². The zero-order valence-electron chi connectivity index (χ0n) is 19.5. The molecule has 0 radical (unpaired) electrons. The van der Waals surface area contributed by atoms with E-state index in [9.17, 15) is 9.59 Å². The van der Waals surface area contributed by atoms with Crippen LogP contribution < -0.4 is 20.3 Å². The lowest BCUT2D eigenvalue weighted by Gasteiger charge is -2.36. The second kappa shape index (κ2) is 10.3. The van der Waals surface area contributed by atoms with E-state index >= 15 is 0 Å². The second-order valence-corrected chi connectivity index (χ2v) is 8.98. The Hall–Kier alpha value is -3.99. The lowest BCUT2D eigenvalue weighted by molar-refractivity contribution is -0.111. The Morgan fingerprint density at radius 3 is 2.78 bits per heavy atom. The molecule has 0 bridgehead atoms. The molecule has 1 aromatic carbocycles. The number of nitrogens with one attached hydrogen (secondary N) is 2. The van der Waals surface area contributed by atoms with Crippen molar-refractivity contribution in [2.24, 2.45) is 0 Å². The number of hydrogen-bond donors (Lipinski definition) is 2. The highest BCUT2D eigenvalue weighted by Crippen LogP contribution is 2.39. The fourth-order valence-electron chi connectivity index (χ4n) is 3.90. The van der Waals surface area contributed by atoms with Crippen molar-refractivity contribution in [2.75, 3.05) is 28.0 Å². The van der Waals surface area contributed by atoms with E-state index in [2.05, 4.69) is 36.5 Å². The van der Waals surface area contributed by atoms with Gasteiger partial charge in [0.15, 0.2) is 5.82 Å². The summed E-state index contributed by atoms with van der Waals surface area (Å²) in [5.74, 6) is 1.08. The van der Waals surface area contributed by atoms with Crippen molar-refractivity contribution in [3.8, 4) is 5.88 Å². The molecule has 1 aliphatic carbocycles. The van der Waals surface area contributed by atoms with Crippen LogP contribution in [0.3, 0.4) is 0 Å². The molecule has 0 unspecified atom stereocenters. The average Bonchev–Trinajstić information content (AvgIpc) is 3.73. The van der Waals surface area contributed by atoms with E-state index in [-0.39, 0.29) is 18.0 Å². The van der Waals surface area contributed by atoms with Gasteiger partial charge in [0.2, 0.25) is 17.7 Å². The number of alkyl halides is 1. The first-order valence-corrected chi connectivity index (χ1v) is 12.5. The van der Waals surface area contributed by atoms with Gasteiger partial charge in [-0.05, 0) is 37.1 Å². The van der Waals surface area contributed by atoms with E-state index in [1.54, 1.807) is 54.7 Å². The molecule has 2 N–H and O–H groups in total. The molecule has 2 aromatic heterocycles. The summed E-state index contributed by atoms with van der Waals surface area (Å²) in [4.78, 5) is 42.6. The summed E-state index contributed by atoms with van der Waals surface area (Å²) < 4.78 is 5.10. The highest BCUT2D eigenvalue weighted by molar-refractivity contribution is 9.09. The minimum absolute atomic E-state index is 0.150.